The van der Waals surface area contributed by atoms with Crippen LogP contribution < -0.4 is 10.5 Å². The summed E-state index contributed by atoms with van der Waals surface area (Å²) in [5.74, 6) is 1.75. The molecule has 0 fully saturated rings. The SMILES string of the molecule is CCSCC(C)NS(=O)(=O)c1cc(CN)n(C)c1. The Morgan fingerprint density at radius 1 is 1.56 bits per heavy atom. The molecule has 1 aromatic heterocycles. The highest BCUT2D eigenvalue weighted by molar-refractivity contribution is 7.99. The first-order valence-electron chi connectivity index (χ1n) is 5.86. The molecular formula is C11H21N3O2S2. The molecule has 0 aromatic carbocycles. The van der Waals surface area contributed by atoms with Gasteiger partial charge in [0.05, 0.1) is 4.90 Å². The fourth-order valence-corrected chi connectivity index (χ4v) is 3.70. The molecule has 5 nitrogen and oxygen atoms in total. The van der Waals surface area contributed by atoms with Crippen molar-refractivity contribution in [3.63, 3.8) is 0 Å². The minimum atomic E-state index is -3.44. The zero-order chi connectivity index (χ0) is 13.8. The van der Waals surface area contributed by atoms with Crippen molar-refractivity contribution in [3.05, 3.63) is 18.0 Å². The lowest BCUT2D eigenvalue weighted by molar-refractivity contribution is 0.571. The summed E-state index contributed by atoms with van der Waals surface area (Å²) in [4.78, 5) is 0.277. The number of nitrogens with one attached hydrogen (secondary N) is 1. The summed E-state index contributed by atoms with van der Waals surface area (Å²) < 4.78 is 28.6. The van der Waals surface area contributed by atoms with Crippen molar-refractivity contribution >= 4 is 21.8 Å². The van der Waals surface area contributed by atoms with Crippen molar-refractivity contribution in [1.82, 2.24) is 9.29 Å². The molecule has 0 spiro atoms. The Bertz CT molecular complexity index is 482. The van der Waals surface area contributed by atoms with E-state index in [1.807, 2.05) is 6.92 Å². The van der Waals surface area contributed by atoms with E-state index < -0.39 is 10.0 Å². The van der Waals surface area contributed by atoms with Crippen molar-refractivity contribution < 1.29 is 8.42 Å². The second-order valence-corrected chi connectivity index (χ2v) is 7.20. The monoisotopic (exact) mass is 291 g/mol. The molecule has 104 valence electrons. The minimum Gasteiger partial charge on any atom is -0.352 e. The highest BCUT2D eigenvalue weighted by Gasteiger charge is 2.19. The van der Waals surface area contributed by atoms with Gasteiger partial charge in [0, 0.05) is 37.3 Å². The van der Waals surface area contributed by atoms with Gasteiger partial charge in [-0.3, -0.25) is 0 Å². The van der Waals surface area contributed by atoms with E-state index in [2.05, 4.69) is 11.6 Å². The van der Waals surface area contributed by atoms with E-state index in [-0.39, 0.29) is 10.9 Å². The minimum absolute atomic E-state index is 0.0820. The van der Waals surface area contributed by atoms with Gasteiger partial charge in [0.15, 0.2) is 0 Å². The van der Waals surface area contributed by atoms with Crippen molar-refractivity contribution in [2.45, 2.75) is 31.3 Å². The van der Waals surface area contributed by atoms with Gasteiger partial charge in [-0.05, 0) is 18.7 Å². The largest absolute Gasteiger partial charge is 0.352 e. The molecule has 0 radical (unpaired) electrons. The van der Waals surface area contributed by atoms with Gasteiger partial charge >= 0.3 is 0 Å². The Kier molecular flexibility index (Phi) is 5.71. The summed E-state index contributed by atoms with van der Waals surface area (Å²) in [6.45, 7) is 4.25. The molecule has 3 N–H and O–H groups in total. The van der Waals surface area contributed by atoms with Crippen LogP contribution in [0.4, 0.5) is 0 Å². The Balaban J connectivity index is 2.79. The molecule has 1 unspecified atom stereocenters. The number of nitrogens with two attached hydrogens (primary N) is 1. The van der Waals surface area contributed by atoms with Crippen LogP contribution in [0.2, 0.25) is 0 Å². The van der Waals surface area contributed by atoms with Gasteiger partial charge in [-0.1, -0.05) is 6.92 Å². The van der Waals surface area contributed by atoms with Gasteiger partial charge in [-0.2, -0.15) is 11.8 Å². The van der Waals surface area contributed by atoms with Gasteiger partial charge in [-0.25, -0.2) is 13.1 Å². The molecule has 7 heteroatoms. The number of rotatable bonds is 7. The Labute approximate surface area is 113 Å². The second kappa shape index (κ2) is 6.60. The molecule has 18 heavy (non-hydrogen) atoms. The topological polar surface area (TPSA) is 77.1 Å². The summed E-state index contributed by atoms with van der Waals surface area (Å²) in [6, 6.07) is 1.53. The Morgan fingerprint density at radius 2 is 2.22 bits per heavy atom. The fourth-order valence-electron chi connectivity index (χ4n) is 1.59. The van der Waals surface area contributed by atoms with Crippen LogP contribution in [0.1, 0.15) is 19.5 Å². The van der Waals surface area contributed by atoms with Gasteiger partial charge in [-0.15, -0.1) is 0 Å². The molecule has 0 bridgehead atoms. The maximum absolute atomic E-state index is 12.1. The first kappa shape index (κ1) is 15.6. The summed E-state index contributed by atoms with van der Waals surface area (Å²) in [5.41, 5.74) is 6.33. The molecule has 0 aliphatic rings. The fraction of sp³-hybridized carbons (Fsp3) is 0.636. The lowest BCUT2D eigenvalue weighted by Crippen LogP contribution is -2.34. The van der Waals surface area contributed by atoms with E-state index in [0.717, 1.165) is 17.2 Å². The maximum atomic E-state index is 12.1. The predicted octanol–water partition coefficient (Wildman–Crippen LogP) is 0.904. The molecule has 0 amide bonds. The van der Waals surface area contributed by atoms with Crippen LogP contribution in [0, 0.1) is 0 Å². The molecule has 1 heterocycles. The number of nitrogens with zero attached hydrogens (tertiary/aromatic N) is 1. The summed E-state index contributed by atoms with van der Waals surface area (Å²) in [6.07, 6.45) is 1.59. The predicted molar refractivity (Wildman–Crippen MR) is 76.1 cm³/mol. The average Bonchev–Trinajstić information content (AvgIpc) is 2.68. The third-order valence-electron chi connectivity index (χ3n) is 2.53. The van der Waals surface area contributed by atoms with E-state index in [1.165, 1.54) is 0 Å². The van der Waals surface area contributed by atoms with Crippen molar-refractivity contribution in [3.8, 4) is 0 Å². The number of hydrogen-bond donors (Lipinski definition) is 2. The van der Waals surface area contributed by atoms with Gasteiger partial charge < -0.3 is 10.3 Å². The highest BCUT2D eigenvalue weighted by atomic mass is 32.2. The normalized spacial score (nSPS) is 13.8. The van der Waals surface area contributed by atoms with Crippen LogP contribution >= 0.6 is 11.8 Å². The highest BCUT2D eigenvalue weighted by Crippen LogP contribution is 2.14. The molecule has 0 saturated carbocycles. The zero-order valence-corrected chi connectivity index (χ0v) is 12.6. The smallest absolute Gasteiger partial charge is 0.242 e. The molecule has 0 aliphatic carbocycles. The first-order chi connectivity index (χ1) is 8.40. The van der Waals surface area contributed by atoms with E-state index in [4.69, 9.17) is 5.73 Å². The van der Waals surface area contributed by atoms with Crippen molar-refractivity contribution in [2.75, 3.05) is 11.5 Å². The summed E-state index contributed by atoms with van der Waals surface area (Å²) in [5, 5.41) is 0. The molecule has 0 saturated heterocycles. The van der Waals surface area contributed by atoms with Crippen molar-refractivity contribution in [1.29, 1.82) is 0 Å². The van der Waals surface area contributed by atoms with Crippen LogP contribution in [0.5, 0.6) is 0 Å². The van der Waals surface area contributed by atoms with Crippen LogP contribution in [0.25, 0.3) is 0 Å². The molecule has 1 rings (SSSR count). The lowest BCUT2D eigenvalue weighted by atomic mass is 10.4. The van der Waals surface area contributed by atoms with E-state index in [0.29, 0.717) is 6.54 Å². The van der Waals surface area contributed by atoms with E-state index in [9.17, 15) is 8.42 Å². The van der Waals surface area contributed by atoms with Crippen LogP contribution in [-0.2, 0) is 23.6 Å². The van der Waals surface area contributed by atoms with E-state index >= 15 is 0 Å². The van der Waals surface area contributed by atoms with Crippen LogP contribution in [0.3, 0.4) is 0 Å². The zero-order valence-electron chi connectivity index (χ0n) is 11.0. The van der Waals surface area contributed by atoms with Crippen LogP contribution in [0.15, 0.2) is 17.2 Å². The standard InChI is InChI=1S/C11H21N3O2S2/c1-4-17-8-9(2)13-18(15,16)11-5-10(6-12)14(3)7-11/h5,7,9,13H,4,6,8,12H2,1-3H3. The Hall–Kier alpha value is -0.500. The number of hydrogen-bond acceptors (Lipinski definition) is 4. The first-order valence-corrected chi connectivity index (χ1v) is 8.50. The number of sulfonamides is 1. The van der Waals surface area contributed by atoms with Gasteiger partial charge in [0.2, 0.25) is 10.0 Å². The lowest BCUT2D eigenvalue weighted by Gasteiger charge is -2.12. The van der Waals surface area contributed by atoms with Gasteiger partial charge in [0.1, 0.15) is 0 Å². The Morgan fingerprint density at radius 3 is 2.72 bits per heavy atom. The number of aromatic nitrogens is 1. The number of thioether (sulfide) groups is 1. The maximum Gasteiger partial charge on any atom is 0.242 e. The van der Waals surface area contributed by atoms with Crippen molar-refractivity contribution in [2.24, 2.45) is 12.8 Å². The quantitative estimate of drug-likeness (QED) is 0.782. The molecular weight excluding hydrogens is 270 g/mol. The number of aryl methyl sites for hydroxylation is 1. The average molecular weight is 291 g/mol. The van der Waals surface area contributed by atoms with E-state index in [1.54, 1.807) is 35.6 Å². The third-order valence-corrected chi connectivity index (χ3v) is 5.23. The molecule has 1 atom stereocenters. The third kappa shape index (κ3) is 4.01. The molecule has 1 aromatic rings. The molecule has 0 aliphatic heterocycles. The second-order valence-electron chi connectivity index (χ2n) is 4.16. The summed E-state index contributed by atoms with van der Waals surface area (Å²) >= 11 is 1.71. The van der Waals surface area contributed by atoms with Crippen LogP contribution in [-0.4, -0.2) is 30.5 Å². The summed E-state index contributed by atoms with van der Waals surface area (Å²) in [7, 11) is -1.65. The van der Waals surface area contributed by atoms with Gasteiger partial charge in [0.25, 0.3) is 0 Å².